The van der Waals surface area contributed by atoms with Crippen molar-refractivity contribution < 1.29 is 9.47 Å². The molecule has 4 heteroatoms. The van der Waals surface area contributed by atoms with Crippen LogP contribution in [0.15, 0.2) is 71.6 Å². The number of rotatable bonds is 10. The first-order valence-corrected chi connectivity index (χ1v) is 8.28. The fraction of sp³-hybridized carbons (Fsp3) is 0.300. The molecule has 126 valence electrons. The first kappa shape index (κ1) is 17.7. The predicted octanol–water partition coefficient (Wildman–Crippen LogP) is 5.98. The van der Waals surface area contributed by atoms with E-state index >= 15 is 0 Å². The molecule has 0 bridgehead atoms. The van der Waals surface area contributed by atoms with E-state index < -0.39 is 0 Å². The summed E-state index contributed by atoms with van der Waals surface area (Å²) in [5.41, 5.74) is 3.00. The van der Waals surface area contributed by atoms with Gasteiger partial charge in [0.2, 0.25) is 0 Å². The predicted molar refractivity (Wildman–Crippen MR) is 97.3 cm³/mol. The Hall–Kier alpha value is -2.62. The summed E-state index contributed by atoms with van der Waals surface area (Å²) in [4.78, 5) is 0. The highest BCUT2D eigenvalue weighted by molar-refractivity contribution is 5.43. The minimum atomic E-state index is 0.483. The van der Waals surface area contributed by atoms with Gasteiger partial charge in [0, 0.05) is 0 Å². The lowest BCUT2D eigenvalue weighted by Crippen LogP contribution is -2.03. The summed E-state index contributed by atoms with van der Waals surface area (Å²) in [7, 11) is 0. The van der Waals surface area contributed by atoms with Crippen LogP contribution in [0.2, 0.25) is 0 Å². The van der Waals surface area contributed by atoms with Crippen molar-refractivity contribution in [1.29, 1.82) is 0 Å². The molecule has 0 amide bonds. The van der Waals surface area contributed by atoms with Gasteiger partial charge in [0.05, 0.1) is 17.6 Å². The summed E-state index contributed by atoms with van der Waals surface area (Å²) in [5.74, 6) is 0.780. The molecule has 0 unspecified atom stereocenters. The normalized spacial score (nSPS) is 10.7. The SMILES string of the molecule is C=COCCOc1ccc(N=Nc2ccc(CCCC)cc2)cc1. The monoisotopic (exact) mass is 324 g/mol. The fourth-order valence-corrected chi connectivity index (χ4v) is 2.13. The van der Waals surface area contributed by atoms with Gasteiger partial charge in [-0.25, -0.2) is 0 Å². The number of ether oxygens (including phenoxy) is 2. The second-order valence-electron chi connectivity index (χ2n) is 5.35. The Bertz CT molecular complexity index is 634. The van der Waals surface area contributed by atoms with E-state index in [0.29, 0.717) is 13.2 Å². The Morgan fingerprint density at radius 1 is 0.917 bits per heavy atom. The van der Waals surface area contributed by atoms with Gasteiger partial charge in [0.1, 0.15) is 19.0 Å². The molecule has 2 aromatic carbocycles. The van der Waals surface area contributed by atoms with E-state index in [0.717, 1.165) is 23.5 Å². The van der Waals surface area contributed by atoms with Crippen molar-refractivity contribution in [2.45, 2.75) is 26.2 Å². The molecule has 0 aliphatic heterocycles. The number of hydrogen-bond acceptors (Lipinski definition) is 4. The van der Waals surface area contributed by atoms with Gasteiger partial charge >= 0.3 is 0 Å². The number of unbranched alkanes of at least 4 members (excludes halogenated alkanes) is 1. The average molecular weight is 324 g/mol. The summed E-state index contributed by atoms with van der Waals surface area (Å²) in [5, 5.41) is 8.52. The summed E-state index contributed by atoms with van der Waals surface area (Å²) in [6.45, 7) is 6.65. The van der Waals surface area contributed by atoms with Gasteiger partial charge in [-0.3, -0.25) is 0 Å². The van der Waals surface area contributed by atoms with Crippen LogP contribution in [0.5, 0.6) is 5.75 Å². The van der Waals surface area contributed by atoms with Crippen molar-refractivity contribution in [3.8, 4) is 5.75 Å². The fourth-order valence-electron chi connectivity index (χ4n) is 2.13. The molecule has 0 aliphatic carbocycles. The zero-order chi connectivity index (χ0) is 17.0. The van der Waals surface area contributed by atoms with Crippen LogP contribution in [0.4, 0.5) is 11.4 Å². The average Bonchev–Trinajstić information content (AvgIpc) is 2.64. The molecule has 0 aliphatic rings. The third kappa shape index (κ3) is 6.24. The summed E-state index contributed by atoms with van der Waals surface area (Å²) in [6.07, 6.45) is 4.95. The van der Waals surface area contributed by atoms with Gasteiger partial charge in [-0.15, -0.1) is 0 Å². The highest BCUT2D eigenvalue weighted by Crippen LogP contribution is 2.21. The van der Waals surface area contributed by atoms with Crippen LogP contribution in [0.25, 0.3) is 0 Å². The Kier molecular flexibility index (Phi) is 7.54. The number of hydrogen-bond donors (Lipinski definition) is 0. The molecule has 0 N–H and O–H groups in total. The Morgan fingerprint density at radius 2 is 1.54 bits per heavy atom. The smallest absolute Gasteiger partial charge is 0.122 e. The van der Waals surface area contributed by atoms with Gasteiger partial charge in [-0.1, -0.05) is 32.1 Å². The van der Waals surface area contributed by atoms with Crippen molar-refractivity contribution in [1.82, 2.24) is 0 Å². The van der Waals surface area contributed by atoms with Crippen molar-refractivity contribution >= 4 is 11.4 Å². The van der Waals surface area contributed by atoms with E-state index in [-0.39, 0.29) is 0 Å². The van der Waals surface area contributed by atoms with Crippen LogP contribution < -0.4 is 4.74 Å². The topological polar surface area (TPSA) is 43.2 Å². The van der Waals surface area contributed by atoms with Crippen LogP contribution in [0.3, 0.4) is 0 Å². The lowest BCUT2D eigenvalue weighted by atomic mass is 10.1. The molecule has 24 heavy (non-hydrogen) atoms. The molecule has 0 heterocycles. The maximum atomic E-state index is 5.53. The molecule has 0 fully saturated rings. The second-order valence-corrected chi connectivity index (χ2v) is 5.35. The van der Waals surface area contributed by atoms with Gasteiger partial charge in [0.25, 0.3) is 0 Å². The minimum Gasteiger partial charge on any atom is -0.498 e. The highest BCUT2D eigenvalue weighted by atomic mass is 16.5. The summed E-state index contributed by atoms with van der Waals surface area (Å²) >= 11 is 0. The van der Waals surface area contributed by atoms with Crippen LogP contribution in [0, 0.1) is 0 Å². The standard InChI is InChI=1S/C20H24N2O2/c1-3-5-6-17-7-9-18(10-8-17)21-22-19-11-13-20(14-12-19)24-16-15-23-4-2/h4,7-14H,2-3,5-6,15-16H2,1H3. The van der Waals surface area contributed by atoms with E-state index in [1.54, 1.807) is 0 Å². The van der Waals surface area contributed by atoms with Gasteiger partial charge in [0.15, 0.2) is 0 Å². The molecule has 0 radical (unpaired) electrons. The summed E-state index contributed by atoms with van der Waals surface area (Å²) < 4.78 is 10.5. The maximum absolute atomic E-state index is 5.53. The first-order valence-electron chi connectivity index (χ1n) is 8.28. The highest BCUT2D eigenvalue weighted by Gasteiger charge is 1.96. The van der Waals surface area contributed by atoms with Gasteiger partial charge < -0.3 is 9.47 Å². The van der Waals surface area contributed by atoms with Crippen molar-refractivity contribution in [2.75, 3.05) is 13.2 Å². The quantitative estimate of drug-likeness (QED) is 0.306. The molecule has 2 rings (SSSR count). The lowest BCUT2D eigenvalue weighted by Gasteiger charge is -2.05. The van der Waals surface area contributed by atoms with E-state index in [2.05, 4.69) is 35.9 Å². The van der Waals surface area contributed by atoms with E-state index in [1.807, 2.05) is 36.4 Å². The largest absolute Gasteiger partial charge is 0.498 e. The molecular weight excluding hydrogens is 300 g/mol. The third-order valence-corrected chi connectivity index (χ3v) is 3.46. The Morgan fingerprint density at radius 3 is 2.12 bits per heavy atom. The van der Waals surface area contributed by atoms with Crippen LogP contribution in [0.1, 0.15) is 25.3 Å². The minimum absolute atomic E-state index is 0.483. The molecule has 2 aromatic rings. The van der Waals surface area contributed by atoms with Crippen LogP contribution in [-0.2, 0) is 11.2 Å². The van der Waals surface area contributed by atoms with Crippen molar-refractivity contribution in [3.63, 3.8) is 0 Å². The maximum Gasteiger partial charge on any atom is 0.122 e. The summed E-state index contributed by atoms with van der Waals surface area (Å²) in [6, 6.07) is 15.7. The Balaban J connectivity index is 1.86. The van der Waals surface area contributed by atoms with Gasteiger partial charge in [-0.2, -0.15) is 10.2 Å². The molecule has 0 saturated carbocycles. The number of benzene rings is 2. The van der Waals surface area contributed by atoms with Crippen molar-refractivity contribution in [3.05, 3.63) is 66.9 Å². The number of azo groups is 1. The molecular formula is C20H24N2O2. The molecule has 4 nitrogen and oxygen atoms in total. The third-order valence-electron chi connectivity index (χ3n) is 3.46. The zero-order valence-corrected chi connectivity index (χ0v) is 14.1. The number of nitrogens with zero attached hydrogens (tertiary/aromatic N) is 2. The lowest BCUT2D eigenvalue weighted by molar-refractivity contribution is 0.179. The van der Waals surface area contributed by atoms with E-state index in [4.69, 9.17) is 9.47 Å². The molecule has 0 atom stereocenters. The molecule has 0 aromatic heterocycles. The molecule has 0 saturated heterocycles. The van der Waals surface area contributed by atoms with Gasteiger partial charge in [-0.05, 0) is 54.8 Å². The molecule has 0 spiro atoms. The Labute approximate surface area is 143 Å². The van der Waals surface area contributed by atoms with E-state index in [9.17, 15) is 0 Å². The van der Waals surface area contributed by atoms with E-state index in [1.165, 1.54) is 24.7 Å². The number of aryl methyl sites for hydroxylation is 1. The first-order chi connectivity index (χ1) is 11.8. The second kappa shape index (κ2) is 10.2. The zero-order valence-electron chi connectivity index (χ0n) is 14.1. The van der Waals surface area contributed by atoms with Crippen LogP contribution >= 0.6 is 0 Å². The van der Waals surface area contributed by atoms with Crippen molar-refractivity contribution in [2.24, 2.45) is 10.2 Å². The van der Waals surface area contributed by atoms with Crippen LogP contribution in [-0.4, -0.2) is 13.2 Å².